The van der Waals surface area contributed by atoms with Crippen LogP contribution in [0, 0.1) is 12.7 Å². The summed E-state index contributed by atoms with van der Waals surface area (Å²) in [5, 5.41) is 0. The molecule has 0 atom stereocenters. The van der Waals surface area contributed by atoms with Gasteiger partial charge in [0, 0.05) is 11.9 Å². The zero-order chi connectivity index (χ0) is 13.8. The summed E-state index contributed by atoms with van der Waals surface area (Å²) < 4.78 is 24.3. The Bertz CT molecular complexity index is 584. The molecule has 0 fully saturated rings. The summed E-state index contributed by atoms with van der Waals surface area (Å²) in [6.07, 6.45) is 0. The SMILES string of the molecule is COc1cc(C)ccc1Oc1cc(F)cc(CCl)c1. The van der Waals surface area contributed by atoms with Crippen molar-refractivity contribution in [1.82, 2.24) is 0 Å². The van der Waals surface area contributed by atoms with Crippen molar-refractivity contribution in [2.24, 2.45) is 0 Å². The van der Waals surface area contributed by atoms with Gasteiger partial charge in [0.15, 0.2) is 11.5 Å². The predicted octanol–water partition coefficient (Wildman–Crippen LogP) is 4.67. The standard InChI is InChI=1S/C15H14ClFO2/c1-10-3-4-14(15(5-10)18-2)19-13-7-11(9-16)6-12(17)8-13/h3-8H,9H2,1-2H3. The highest BCUT2D eigenvalue weighted by Gasteiger charge is 2.07. The zero-order valence-electron chi connectivity index (χ0n) is 10.7. The van der Waals surface area contributed by atoms with Crippen LogP contribution in [0.2, 0.25) is 0 Å². The number of benzene rings is 2. The van der Waals surface area contributed by atoms with Crippen molar-refractivity contribution in [2.45, 2.75) is 12.8 Å². The van der Waals surface area contributed by atoms with Crippen LogP contribution in [-0.4, -0.2) is 7.11 Å². The summed E-state index contributed by atoms with van der Waals surface area (Å²) in [5.41, 5.74) is 1.73. The van der Waals surface area contributed by atoms with E-state index in [4.69, 9.17) is 21.1 Å². The van der Waals surface area contributed by atoms with Crippen molar-refractivity contribution in [2.75, 3.05) is 7.11 Å². The molecule has 0 aliphatic carbocycles. The van der Waals surface area contributed by atoms with Crippen LogP contribution in [0.5, 0.6) is 17.2 Å². The van der Waals surface area contributed by atoms with Crippen molar-refractivity contribution >= 4 is 11.6 Å². The average Bonchev–Trinajstić information content (AvgIpc) is 2.40. The lowest BCUT2D eigenvalue weighted by atomic mass is 10.2. The minimum Gasteiger partial charge on any atom is -0.493 e. The molecule has 0 unspecified atom stereocenters. The first-order valence-electron chi connectivity index (χ1n) is 5.80. The Morgan fingerprint density at radius 1 is 1.11 bits per heavy atom. The number of hydrogen-bond donors (Lipinski definition) is 0. The maximum Gasteiger partial charge on any atom is 0.169 e. The van der Waals surface area contributed by atoms with Gasteiger partial charge in [0.2, 0.25) is 0 Å². The fourth-order valence-corrected chi connectivity index (χ4v) is 1.90. The highest BCUT2D eigenvalue weighted by molar-refractivity contribution is 6.17. The number of hydrogen-bond acceptors (Lipinski definition) is 2. The molecule has 0 amide bonds. The van der Waals surface area contributed by atoms with Crippen molar-refractivity contribution in [3.63, 3.8) is 0 Å². The lowest BCUT2D eigenvalue weighted by Gasteiger charge is -2.11. The highest BCUT2D eigenvalue weighted by atomic mass is 35.5. The molecule has 0 saturated carbocycles. The van der Waals surface area contributed by atoms with Crippen molar-refractivity contribution in [3.8, 4) is 17.2 Å². The second-order valence-electron chi connectivity index (χ2n) is 4.19. The van der Waals surface area contributed by atoms with Gasteiger partial charge in [0.1, 0.15) is 11.6 Å². The summed E-state index contributed by atoms with van der Waals surface area (Å²) in [6.45, 7) is 1.96. The van der Waals surface area contributed by atoms with Gasteiger partial charge < -0.3 is 9.47 Å². The summed E-state index contributed by atoms with van der Waals surface area (Å²) in [6, 6.07) is 9.95. The second-order valence-corrected chi connectivity index (χ2v) is 4.45. The van der Waals surface area contributed by atoms with Crippen molar-refractivity contribution in [1.29, 1.82) is 0 Å². The monoisotopic (exact) mass is 280 g/mol. The van der Waals surface area contributed by atoms with Gasteiger partial charge in [0.25, 0.3) is 0 Å². The Labute approximate surface area is 116 Å². The van der Waals surface area contributed by atoms with E-state index >= 15 is 0 Å². The molecule has 100 valence electrons. The van der Waals surface area contributed by atoms with Gasteiger partial charge >= 0.3 is 0 Å². The number of methoxy groups -OCH3 is 1. The quantitative estimate of drug-likeness (QED) is 0.758. The Morgan fingerprint density at radius 3 is 2.58 bits per heavy atom. The van der Waals surface area contributed by atoms with Gasteiger partial charge in [-0.3, -0.25) is 0 Å². The van der Waals surface area contributed by atoms with Crippen LogP contribution in [0.25, 0.3) is 0 Å². The number of alkyl halides is 1. The molecule has 0 aliphatic rings. The fourth-order valence-electron chi connectivity index (χ4n) is 1.74. The van der Waals surface area contributed by atoms with E-state index in [2.05, 4.69) is 0 Å². The molecular formula is C15H14ClFO2. The van der Waals surface area contributed by atoms with E-state index in [9.17, 15) is 4.39 Å². The molecule has 0 aromatic heterocycles. The highest BCUT2D eigenvalue weighted by Crippen LogP contribution is 2.33. The Hall–Kier alpha value is -1.74. The van der Waals surface area contributed by atoms with Crippen molar-refractivity contribution in [3.05, 3.63) is 53.3 Å². The summed E-state index contributed by atoms with van der Waals surface area (Å²) in [4.78, 5) is 0. The molecule has 4 heteroatoms. The van der Waals surface area contributed by atoms with E-state index in [0.29, 0.717) is 22.8 Å². The maximum absolute atomic E-state index is 13.4. The minimum absolute atomic E-state index is 0.235. The maximum atomic E-state index is 13.4. The average molecular weight is 281 g/mol. The van der Waals surface area contributed by atoms with Crippen molar-refractivity contribution < 1.29 is 13.9 Å². The third kappa shape index (κ3) is 3.38. The molecule has 19 heavy (non-hydrogen) atoms. The van der Waals surface area contributed by atoms with Crippen LogP contribution >= 0.6 is 11.6 Å². The van der Waals surface area contributed by atoms with Gasteiger partial charge in [-0.1, -0.05) is 6.07 Å². The fraction of sp³-hybridized carbons (Fsp3) is 0.200. The molecule has 0 aliphatic heterocycles. The van der Waals surface area contributed by atoms with E-state index in [-0.39, 0.29) is 11.7 Å². The number of ether oxygens (including phenoxy) is 2. The Kier molecular flexibility index (Phi) is 4.27. The first kappa shape index (κ1) is 13.7. The summed E-state index contributed by atoms with van der Waals surface area (Å²) >= 11 is 5.71. The molecule has 0 heterocycles. The molecule has 2 rings (SSSR count). The van der Waals surface area contributed by atoms with Gasteiger partial charge in [-0.2, -0.15) is 0 Å². The van der Waals surface area contributed by atoms with Crippen LogP contribution in [0.3, 0.4) is 0 Å². The topological polar surface area (TPSA) is 18.5 Å². The zero-order valence-corrected chi connectivity index (χ0v) is 11.5. The minimum atomic E-state index is -0.376. The van der Waals surface area contributed by atoms with E-state index in [1.54, 1.807) is 19.2 Å². The van der Waals surface area contributed by atoms with Crippen LogP contribution in [0.4, 0.5) is 4.39 Å². The molecule has 0 N–H and O–H groups in total. The van der Waals surface area contributed by atoms with E-state index in [0.717, 1.165) is 5.56 Å². The van der Waals surface area contributed by atoms with Gasteiger partial charge in [0.05, 0.1) is 7.11 Å². The predicted molar refractivity (Wildman–Crippen MR) is 73.8 cm³/mol. The molecule has 2 aromatic carbocycles. The van der Waals surface area contributed by atoms with Gasteiger partial charge in [-0.25, -0.2) is 4.39 Å². The molecule has 0 radical (unpaired) electrons. The lowest BCUT2D eigenvalue weighted by Crippen LogP contribution is -1.92. The van der Waals surface area contributed by atoms with Crippen LogP contribution in [-0.2, 0) is 5.88 Å². The van der Waals surface area contributed by atoms with Crippen LogP contribution in [0.1, 0.15) is 11.1 Å². The molecule has 2 aromatic rings. The Balaban J connectivity index is 2.33. The first-order valence-corrected chi connectivity index (χ1v) is 6.34. The normalized spacial score (nSPS) is 10.3. The van der Waals surface area contributed by atoms with Crippen LogP contribution in [0.15, 0.2) is 36.4 Å². The molecule has 0 spiro atoms. The number of halogens is 2. The van der Waals surface area contributed by atoms with E-state index < -0.39 is 0 Å². The Morgan fingerprint density at radius 2 is 1.89 bits per heavy atom. The van der Waals surface area contributed by atoms with E-state index in [1.165, 1.54) is 12.1 Å². The first-order chi connectivity index (χ1) is 9.12. The van der Waals surface area contributed by atoms with Gasteiger partial charge in [-0.15, -0.1) is 11.6 Å². The van der Waals surface area contributed by atoms with Gasteiger partial charge in [-0.05, 0) is 42.3 Å². The third-order valence-corrected chi connectivity index (χ3v) is 2.94. The van der Waals surface area contributed by atoms with Crippen LogP contribution < -0.4 is 9.47 Å². The number of aryl methyl sites for hydroxylation is 1. The molecular weight excluding hydrogens is 267 g/mol. The molecule has 0 bridgehead atoms. The molecule has 0 saturated heterocycles. The number of rotatable bonds is 4. The largest absolute Gasteiger partial charge is 0.493 e. The second kappa shape index (κ2) is 5.93. The lowest BCUT2D eigenvalue weighted by molar-refractivity contribution is 0.377. The summed E-state index contributed by atoms with van der Waals surface area (Å²) in [7, 11) is 1.57. The van der Waals surface area contributed by atoms with E-state index in [1.807, 2.05) is 19.1 Å². The molecule has 2 nitrogen and oxygen atoms in total. The third-order valence-electron chi connectivity index (χ3n) is 2.63. The summed E-state index contributed by atoms with van der Waals surface area (Å²) in [5.74, 6) is 1.41. The smallest absolute Gasteiger partial charge is 0.169 e.